The van der Waals surface area contributed by atoms with Crippen LogP contribution in [0.25, 0.3) is 0 Å². The van der Waals surface area contributed by atoms with Crippen LogP contribution < -0.4 is 5.62 Å². The SMILES string of the molecule is CC(C)(C)n1ccn(CCCS(=O)(=O)[O-])/c1=N/N=Nc1ccccc1. The van der Waals surface area contributed by atoms with Crippen molar-refractivity contribution in [2.45, 2.75) is 39.3 Å². The van der Waals surface area contributed by atoms with Crippen molar-refractivity contribution in [1.82, 2.24) is 9.13 Å². The molecule has 0 aliphatic heterocycles. The number of aryl methyl sites for hydroxylation is 1. The molecule has 0 atom stereocenters. The zero-order valence-corrected chi connectivity index (χ0v) is 15.3. The topological polar surface area (TPSA) is 104 Å². The molecular weight excluding hydrogens is 342 g/mol. The van der Waals surface area contributed by atoms with Crippen LogP contribution in [0.15, 0.2) is 58.2 Å². The normalized spacial score (nSPS) is 13.7. The summed E-state index contributed by atoms with van der Waals surface area (Å²) < 4.78 is 36.0. The van der Waals surface area contributed by atoms with Gasteiger partial charge in [0.2, 0.25) is 5.62 Å². The molecule has 25 heavy (non-hydrogen) atoms. The molecule has 0 unspecified atom stereocenters. The van der Waals surface area contributed by atoms with E-state index in [0.29, 0.717) is 17.9 Å². The van der Waals surface area contributed by atoms with Crippen molar-refractivity contribution >= 4 is 15.8 Å². The van der Waals surface area contributed by atoms with Crippen LogP contribution in [0.5, 0.6) is 0 Å². The maximum atomic E-state index is 10.8. The molecule has 2 aromatic rings. The lowest BCUT2D eigenvalue weighted by atomic mass is 10.1. The number of hydrogen-bond donors (Lipinski definition) is 0. The lowest BCUT2D eigenvalue weighted by molar-refractivity contribution is 0.371. The van der Waals surface area contributed by atoms with Gasteiger partial charge in [-0.05, 0) is 44.5 Å². The van der Waals surface area contributed by atoms with Crippen molar-refractivity contribution < 1.29 is 13.0 Å². The molecule has 8 nitrogen and oxygen atoms in total. The zero-order valence-electron chi connectivity index (χ0n) is 14.5. The molecule has 2 rings (SSSR count). The van der Waals surface area contributed by atoms with Crippen LogP contribution in [-0.2, 0) is 22.2 Å². The molecule has 0 spiro atoms. The Kier molecular flexibility index (Phi) is 5.91. The monoisotopic (exact) mass is 364 g/mol. The van der Waals surface area contributed by atoms with E-state index in [9.17, 15) is 13.0 Å². The quantitative estimate of drug-likeness (QED) is 0.447. The minimum absolute atomic E-state index is 0.211. The summed E-state index contributed by atoms with van der Waals surface area (Å²) in [5.41, 5.74) is 0.983. The van der Waals surface area contributed by atoms with Gasteiger partial charge in [-0.3, -0.25) is 0 Å². The highest BCUT2D eigenvalue weighted by Gasteiger charge is 2.15. The molecule has 0 bridgehead atoms. The van der Waals surface area contributed by atoms with Gasteiger partial charge >= 0.3 is 0 Å². The number of aromatic nitrogens is 2. The van der Waals surface area contributed by atoms with Crippen molar-refractivity contribution in [1.29, 1.82) is 0 Å². The van der Waals surface area contributed by atoms with Crippen molar-refractivity contribution in [3.8, 4) is 0 Å². The van der Waals surface area contributed by atoms with Crippen molar-refractivity contribution in [3.05, 3.63) is 48.3 Å². The van der Waals surface area contributed by atoms with Crippen LogP contribution >= 0.6 is 0 Å². The number of benzene rings is 1. The van der Waals surface area contributed by atoms with Crippen LogP contribution in [0.1, 0.15) is 27.2 Å². The molecule has 9 heteroatoms. The molecule has 1 aromatic carbocycles. The summed E-state index contributed by atoms with van der Waals surface area (Å²) in [5, 5.41) is 12.2. The maximum Gasteiger partial charge on any atom is 0.232 e. The Morgan fingerprint density at radius 2 is 1.80 bits per heavy atom. The fraction of sp³-hybridized carbons (Fsp3) is 0.438. The average Bonchev–Trinajstić information content (AvgIpc) is 2.90. The van der Waals surface area contributed by atoms with Crippen LogP contribution in [0.4, 0.5) is 5.69 Å². The Morgan fingerprint density at radius 3 is 2.40 bits per heavy atom. The number of imidazole rings is 1. The summed E-state index contributed by atoms with van der Waals surface area (Å²) in [6.07, 6.45) is 3.85. The smallest absolute Gasteiger partial charge is 0.232 e. The predicted octanol–water partition coefficient (Wildman–Crippen LogP) is 2.58. The lowest BCUT2D eigenvalue weighted by Gasteiger charge is -2.20. The largest absolute Gasteiger partial charge is 0.748 e. The second-order valence-corrected chi connectivity index (χ2v) is 8.10. The first kappa shape index (κ1) is 19.1. The number of hydrogen-bond acceptors (Lipinski definition) is 5. The van der Waals surface area contributed by atoms with Gasteiger partial charge in [-0.1, -0.05) is 23.3 Å². The van der Waals surface area contributed by atoms with Crippen LogP contribution in [-0.4, -0.2) is 27.9 Å². The average molecular weight is 364 g/mol. The molecule has 0 amide bonds. The molecule has 0 aliphatic carbocycles. The van der Waals surface area contributed by atoms with Gasteiger partial charge in [-0.15, -0.1) is 5.11 Å². The molecular formula is C16H22N5O3S-. The molecule has 0 saturated heterocycles. The van der Waals surface area contributed by atoms with Crippen LogP contribution in [0.3, 0.4) is 0 Å². The van der Waals surface area contributed by atoms with E-state index in [1.807, 2.05) is 61.9 Å². The lowest BCUT2D eigenvalue weighted by Crippen LogP contribution is -2.35. The molecule has 1 heterocycles. The summed E-state index contributed by atoms with van der Waals surface area (Å²) in [6, 6.07) is 9.23. The molecule has 0 fully saturated rings. The number of nitrogens with zero attached hydrogens (tertiary/aromatic N) is 5. The van der Waals surface area contributed by atoms with Gasteiger partial charge in [-0.25, -0.2) is 8.42 Å². The van der Waals surface area contributed by atoms with Crippen LogP contribution in [0, 0.1) is 0 Å². The van der Waals surface area contributed by atoms with E-state index in [1.54, 1.807) is 10.8 Å². The van der Waals surface area contributed by atoms with E-state index in [4.69, 9.17) is 0 Å². The molecule has 0 saturated carbocycles. The van der Waals surface area contributed by atoms with Gasteiger partial charge in [0, 0.05) is 30.2 Å². The fourth-order valence-corrected chi connectivity index (χ4v) is 2.73. The summed E-state index contributed by atoms with van der Waals surface area (Å²) in [7, 11) is -4.22. The van der Waals surface area contributed by atoms with E-state index in [-0.39, 0.29) is 12.0 Å². The Balaban J connectivity index is 2.30. The maximum absolute atomic E-state index is 10.8. The van der Waals surface area contributed by atoms with Gasteiger partial charge in [-0.2, -0.15) is 0 Å². The molecule has 0 radical (unpaired) electrons. The van der Waals surface area contributed by atoms with Gasteiger partial charge in [0.15, 0.2) is 0 Å². The van der Waals surface area contributed by atoms with Crippen molar-refractivity contribution in [2.24, 2.45) is 15.4 Å². The van der Waals surface area contributed by atoms with Gasteiger partial charge < -0.3 is 13.7 Å². The Morgan fingerprint density at radius 1 is 1.12 bits per heavy atom. The molecule has 0 aliphatic rings. The van der Waals surface area contributed by atoms with E-state index < -0.39 is 15.9 Å². The van der Waals surface area contributed by atoms with E-state index in [1.165, 1.54) is 0 Å². The van der Waals surface area contributed by atoms with Gasteiger partial charge in [0.1, 0.15) is 0 Å². The standard InChI is InChI=1S/C16H23N5O3S/c1-16(2,3)21-12-11-20(10-7-13-25(22,23)24)15(21)18-19-17-14-8-5-4-6-9-14/h4-6,8-9,11-12H,7,10,13H2,1-3H3,(H,22,23,24)/p-1/b18-15-,19-17?. The number of rotatable bonds is 6. The van der Waals surface area contributed by atoms with Gasteiger partial charge in [0.25, 0.3) is 0 Å². The Bertz CT molecular complexity index is 890. The molecule has 136 valence electrons. The highest BCUT2D eigenvalue weighted by molar-refractivity contribution is 7.85. The predicted molar refractivity (Wildman–Crippen MR) is 93.1 cm³/mol. The third-order valence-corrected chi connectivity index (χ3v) is 4.22. The Labute approximate surface area is 147 Å². The Hall–Kier alpha value is -2.26. The first-order chi connectivity index (χ1) is 11.7. The fourth-order valence-electron chi connectivity index (χ4n) is 2.24. The van der Waals surface area contributed by atoms with Crippen LogP contribution in [0.2, 0.25) is 0 Å². The molecule has 1 aromatic heterocycles. The highest BCUT2D eigenvalue weighted by atomic mass is 32.2. The molecule has 0 N–H and O–H groups in total. The first-order valence-electron chi connectivity index (χ1n) is 7.88. The van der Waals surface area contributed by atoms with Gasteiger partial charge in [0.05, 0.1) is 15.8 Å². The zero-order chi connectivity index (χ0) is 18.5. The van der Waals surface area contributed by atoms with Crippen molar-refractivity contribution in [2.75, 3.05) is 5.75 Å². The second-order valence-electron chi connectivity index (χ2n) is 6.57. The van der Waals surface area contributed by atoms with E-state index >= 15 is 0 Å². The highest BCUT2D eigenvalue weighted by Crippen LogP contribution is 2.12. The van der Waals surface area contributed by atoms with Crippen molar-refractivity contribution in [3.63, 3.8) is 0 Å². The van der Waals surface area contributed by atoms with E-state index in [2.05, 4.69) is 15.4 Å². The third kappa shape index (κ3) is 5.95. The summed E-state index contributed by atoms with van der Waals surface area (Å²) in [6.45, 7) is 6.41. The minimum Gasteiger partial charge on any atom is -0.748 e. The minimum atomic E-state index is -4.22. The summed E-state index contributed by atoms with van der Waals surface area (Å²) in [5.74, 6) is -0.411. The third-order valence-electron chi connectivity index (χ3n) is 3.43. The summed E-state index contributed by atoms with van der Waals surface area (Å²) >= 11 is 0. The van der Waals surface area contributed by atoms with E-state index in [0.717, 1.165) is 0 Å². The first-order valence-corrected chi connectivity index (χ1v) is 9.46. The summed E-state index contributed by atoms with van der Waals surface area (Å²) in [4.78, 5) is 0. The second kappa shape index (κ2) is 7.75.